The van der Waals surface area contributed by atoms with Crippen molar-refractivity contribution < 1.29 is 80.2 Å². The fraction of sp³-hybridized carbons (Fsp3) is 0.948. The molecule has 570 valence electrons. The summed E-state index contributed by atoms with van der Waals surface area (Å²) in [6.07, 6.45) is 57.1. The van der Waals surface area contributed by atoms with Crippen molar-refractivity contribution in [3.8, 4) is 0 Å². The van der Waals surface area contributed by atoms with Gasteiger partial charge in [-0.15, -0.1) is 0 Å². The van der Waals surface area contributed by atoms with Crippen LogP contribution < -0.4 is 0 Å². The molecule has 0 fully saturated rings. The fourth-order valence-corrected chi connectivity index (χ4v) is 13.4. The molecule has 0 aromatic heterocycles. The number of ether oxygens (including phenoxy) is 4. The molecular weight excluding hydrogens is 1260 g/mol. The highest BCUT2D eigenvalue weighted by molar-refractivity contribution is 7.47. The number of esters is 4. The third-order valence-corrected chi connectivity index (χ3v) is 19.9. The van der Waals surface area contributed by atoms with E-state index in [1.54, 1.807) is 0 Å². The molecule has 0 bridgehead atoms. The minimum Gasteiger partial charge on any atom is -0.462 e. The molecule has 17 nitrogen and oxygen atoms in total. The Morgan fingerprint density at radius 3 is 0.708 bits per heavy atom. The molecule has 0 saturated carbocycles. The van der Waals surface area contributed by atoms with E-state index in [9.17, 15) is 43.2 Å². The normalized spacial score (nSPS) is 14.0. The second kappa shape index (κ2) is 68.8. The average Bonchev–Trinajstić information content (AvgIpc) is 2.60. The standard InChI is InChI=1S/C77H150O17P2/c1-7-9-11-13-15-16-17-18-19-20-21-22-25-29-32-37-43-49-55-61-76(81)94-73(66-88-75(80)60-54-48-42-36-31-28-26-23-24-27-30-34-40-45-51-57-69(3)4)68-92-96(85,86)90-64-71(78)63-89-95(83,84)91-67-72(65-87-74(79)59-53-47-39-14-12-10-8-2)93-77(82)62-56-50-44-38-33-35-41-46-52-58-70(5)6/h69-73,78H,7-68H2,1-6H3,(H,83,84)(H,85,86)/t71-,72+,73+/m0/s1. The molecule has 0 aliphatic heterocycles. The SMILES string of the molecule is CCCCCCCCCCCCCCCCCCCCCC(=O)O[C@H](COC(=O)CCCCCCCCCCCCCCCCCC(C)C)COP(=O)(O)OC[C@@H](O)COP(=O)(O)OC[C@@H](COC(=O)CCCCCCCCC)OC(=O)CCCCCCCCCCCC(C)C. The van der Waals surface area contributed by atoms with Crippen LogP contribution in [0.5, 0.6) is 0 Å². The maximum absolute atomic E-state index is 13.1. The molecule has 0 heterocycles. The zero-order valence-corrected chi connectivity index (χ0v) is 64.5. The summed E-state index contributed by atoms with van der Waals surface area (Å²) in [6.45, 7) is 9.56. The van der Waals surface area contributed by atoms with Crippen LogP contribution >= 0.6 is 15.6 Å². The van der Waals surface area contributed by atoms with E-state index >= 15 is 0 Å². The largest absolute Gasteiger partial charge is 0.472 e. The molecule has 0 aliphatic rings. The van der Waals surface area contributed by atoms with E-state index in [-0.39, 0.29) is 25.7 Å². The predicted octanol–water partition coefficient (Wildman–Crippen LogP) is 22.7. The van der Waals surface area contributed by atoms with Gasteiger partial charge in [-0.2, -0.15) is 0 Å². The number of phosphoric ester groups is 2. The van der Waals surface area contributed by atoms with Gasteiger partial charge in [-0.1, -0.05) is 350 Å². The van der Waals surface area contributed by atoms with Crippen molar-refractivity contribution in [2.75, 3.05) is 39.6 Å². The molecule has 0 amide bonds. The summed E-state index contributed by atoms with van der Waals surface area (Å²) in [6, 6.07) is 0. The van der Waals surface area contributed by atoms with E-state index in [2.05, 4.69) is 41.5 Å². The Hall–Kier alpha value is -1.94. The van der Waals surface area contributed by atoms with Gasteiger partial charge in [-0.3, -0.25) is 37.3 Å². The maximum atomic E-state index is 13.1. The van der Waals surface area contributed by atoms with Crippen LogP contribution in [0.15, 0.2) is 0 Å². The zero-order chi connectivity index (χ0) is 70.7. The molecule has 0 aromatic carbocycles. The van der Waals surface area contributed by atoms with Crippen LogP contribution in [-0.2, 0) is 65.4 Å². The minimum absolute atomic E-state index is 0.105. The zero-order valence-electron chi connectivity index (χ0n) is 62.7. The van der Waals surface area contributed by atoms with Crippen molar-refractivity contribution in [2.24, 2.45) is 11.8 Å². The Kier molecular flexibility index (Phi) is 67.4. The van der Waals surface area contributed by atoms with Gasteiger partial charge in [-0.05, 0) is 37.5 Å². The molecule has 5 atom stereocenters. The highest BCUT2D eigenvalue weighted by atomic mass is 31.2. The van der Waals surface area contributed by atoms with Crippen molar-refractivity contribution >= 4 is 39.5 Å². The molecule has 3 N–H and O–H groups in total. The first-order chi connectivity index (χ1) is 46.4. The summed E-state index contributed by atoms with van der Waals surface area (Å²) >= 11 is 0. The van der Waals surface area contributed by atoms with Crippen LogP contribution in [0, 0.1) is 11.8 Å². The van der Waals surface area contributed by atoms with Gasteiger partial charge in [0.25, 0.3) is 0 Å². The monoisotopic (exact) mass is 1410 g/mol. The first kappa shape index (κ1) is 94.1. The number of phosphoric acid groups is 2. The third-order valence-electron chi connectivity index (χ3n) is 18.0. The van der Waals surface area contributed by atoms with Crippen molar-refractivity contribution in [1.29, 1.82) is 0 Å². The lowest BCUT2D eigenvalue weighted by Gasteiger charge is -2.21. The lowest BCUT2D eigenvalue weighted by atomic mass is 10.0. The smallest absolute Gasteiger partial charge is 0.462 e. The Labute approximate surface area is 588 Å². The van der Waals surface area contributed by atoms with Gasteiger partial charge in [0.15, 0.2) is 12.2 Å². The van der Waals surface area contributed by atoms with E-state index in [1.165, 1.54) is 205 Å². The number of aliphatic hydroxyl groups is 1. The molecule has 0 saturated heterocycles. The van der Waals surface area contributed by atoms with Crippen LogP contribution in [0.25, 0.3) is 0 Å². The van der Waals surface area contributed by atoms with E-state index in [1.807, 2.05) is 0 Å². The Morgan fingerprint density at radius 2 is 0.479 bits per heavy atom. The number of aliphatic hydroxyl groups excluding tert-OH is 1. The van der Waals surface area contributed by atoms with Gasteiger partial charge in [-0.25, -0.2) is 9.13 Å². The van der Waals surface area contributed by atoms with Crippen LogP contribution in [-0.4, -0.2) is 96.7 Å². The van der Waals surface area contributed by atoms with Crippen molar-refractivity contribution in [3.05, 3.63) is 0 Å². The lowest BCUT2D eigenvalue weighted by Crippen LogP contribution is -2.30. The van der Waals surface area contributed by atoms with Crippen molar-refractivity contribution in [3.63, 3.8) is 0 Å². The lowest BCUT2D eigenvalue weighted by molar-refractivity contribution is -0.161. The van der Waals surface area contributed by atoms with E-state index in [0.717, 1.165) is 115 Å². The van der Waals surface area contributed by atoms with Gasteiger partial charge in [0.05, 0.1) is 26.4 Å². The number of carbonyl (C=O) groups excluding carboxylic acids is 4. The summed E-state index contributed by atoms with van der Waals surface area (Å²) in [5.41, 5.74) is 0. The quantitative estimate of drug-likeness (QED) is 0.0222. The molecule has 0 aliphatic carbocycles. The summed E-state index contributed by atoms with van der Waals surface area (Å²) in [4.78, 5) is 72.7. The molecule has 0 radical (unpaired) electrons. The highest BCUT2D eigenvalue weighted by Crippen LogP contribution is 2.45. The fourth-order valence-electron chi connectivity index (χ4n) is 11.8. The van der Waals surface area contributed by atoms with Gasteiger partial charge < -0.3 is 33.8 Å². The minimum atomic E-state index is -4.96. The van der Waals surface area contributed by atoms with Gasteiger partial charge in [0.2, 0.25) is 0 Å². The Morgan fingerprint density at radius 1 is 0.281 bits per heavy atom. The van der Waals surface area contributed by atoms with Crippen molar-refractivity contribution in [2.45, 2.75) is 419 Å². The van der Waals surface area contributed by atoms with E-state index in [0.29, 0.717) is 25.7 Å². The summed E-state index contributed by atoms with van der Waals surface area (Å²) in [5.74, 6) is -0.576. The second-order valence-corrected chi connectivity index (χ2v) is 31.6. The number of carbonyl (C=O) groups is 4. The van der Waals surface area contributed by atoms with Crippen LogP contribution in [0.4, 0.5) is 0 Å². The maximum Gasteiger partial charge on any atom is 0.472 e. The summed E-state index contributed by atoms with van der Waals surface area (Å²) < 4.78 is 68.4. The molecule has 96 heavy (non-hydrogen) atoms. The molecule has 0 rings (SSSR count). The van der Waals surface area contributed by atoms with Crippen LogP contribution in [0.1, 0.15) is 401 Å². The topological polar surface area (TPSA) is 237 Å². The number of hydrogen-bond donors (Lipinski definition) is 3. The first-order valence-electron chi connectivity index (χ1n) is 40.0. The molecular formula is C77H150O17P2. The molecule has 0 aromatic rings. The third kappa shape index (κ3) is 70.5. The van der Waals surface area contributed by atoms with Crippen LogP contribution in [0.3, 0.4) is 0 Å². The number of rotatable bonds is 76. The Bertz CT molecular complexity index is 1860. The van der Waals surface area contributed by atoms with Gasteiger partial charge in [0.1, 0.15) is 19.3 Å². The predicted molar refractivity (Wildman–Crippen MR) is 391 cm³/mol. The summed E-state index contributed by atoms with van der Waals surface area (Å²) in [7, 11) is -9.91. The molecule has 2 unspecified atom stereocenters. The molecule has 0 spiro atoms. The van der Waals surface area contributed by atoms with Gasteiger partial charge >= 0.3 is 39.5 Å². The van der Waals surface area contributed by atoms with E-state index < -0.39 is 97.5 Å². The van der Waals surface area contributed by atoms with Crippen LogP contribution in [0.2, 0.25) is 0 Å². The molecule has 19 heteroatoms. The second-order valence-electron chi connectivity index (χ2n) is 28.7. The highest BCUT2D eigenvalue weighted by Gasteiger charge is 2.30. The average molecular weight is 1410 g/mol. The van der Waals surface area contributed by atoms with E-state index in [4.69, 9.17) is 37.0 Å². The van der Waals surface area contributed by atoms with Gasteiger partial charge in [0, 0.05) is 25.7 Å². The summed E-state index contributed by atoms with van der Waals surface area (Å²) in [5, 5.41) is 10.6. The van der Waals surface area contributed by atoms with Crippen molar-refractivity contribution in [1.82, 2.24) is 0 Å². The number of unbranched alkanes of at least 4 members (excludes halogenated alkanes) is 46. The Balaban J connectivity index is 5.18. The number of hydrogen-bond acceptors (Lipinski definition) is 15. The first-order valence-corrected chi connectivity index (χ1v) is 43.0.